The van der Waals surface area contributed by atoms with Gasteiger partial charge < -0.3 is 31.1 Å². The second kappa shape index (κ2) is 13.6. The lowest BCUT2D eigenvalue weighted by molar-refractivity contribution is -0.192. The molecule has 1 fully saturated rings. The molecule has 5 rings (SSSR count). The molecule has 0 bridgehead atoms. The first-order valence-electron chi connectivity index (χ1n) is 14.3. The van der Waals surface area contributed by atoms with E-state index in [2.05, 4.69) is 31.7 Å². The number of primary amides is 1. The third-order valence-corrected chi connectivity index (χ3v) is 7.75. The van der Waals surface area contributed by atoms with Crippen molar-refractivity contribution in [1.82, 2.24) is 30.0 Å². The monoisotopic (exact) mass is 643 g/mol. The van der Waals surface area contributed by atoms with Gasteiger partial charge in [0.05, 0.1) is 5.69 Å². The average molecular weight is 644 g/mol. The predicted molar refractivity (Wildman–Crippen MR) is 165 cm³/mol. The van der Waals surface area contributed by atoms with Crippen molar-refractivity contribution in [2.75, 3.05) is 30.4 Å². The number of halogens is 3. The second-order valence-electron chi connectivity index (χ2n) is 11.0. The quantitative estimate of drug-likeness (QED) is 0.220. The first-order valence-corrected chi connectivity index (χ1v) is 14.3. The number of ether oxygens (including phenoxy) is 1. The van der Waals surface area contributed by atoms with E-state index < -0.39 is 17.7 Å². The molecule has 0 atom stereocenters. The van der Waals surface area contributed by atoms with Gasteiger partial charge >= 0.3 is 12.1 Å². The first-order chi connectivity index (χ1) is 21.6. The summed E-state index contributed by atoms with van der Waals surface area (Å²) < 4.78 is 39.5. The van der Waals surface area contributed by atoms with Crippen LogP contribution in [0.5, 0.6) is 11.6 Å². The number of rotatable bonds is 8. The van der Waals surface area contributed by atoms with Gasteiger partial charge in [0.15, 0.2) is 5.82 Å². The molecule has 0 spiro atoms. The zero-order chi connectivity index (χ0) is 33.8. The number of amides is 1. The number of carboxylic acid groups (broad SMARTS) is 1. The van der Waals surface area contributed by atoms with E-state index in [4.69, 9.17) is 30.3 Å². The van der Waals surface area contributed by atoms with Gasteiger partial charge in [-0.3, -0.25) is 9.48 Å². The summed E-state index contributed by atoms with van der Waals surface area (Å²) in [4.78, 5) is 37.3. The number of anilines is 2. The minimum absolute atomic E-state index is 0.324. The van der Waals surface area contributed by atoms with Gasteiger partial charge in [0.1, 0.15) is 22.3 Å². The predicted octanol–water partition coefficient (Wildman–Crippen LogP) is 3.76. The fourth-order valence-corrected chi connectivity index (χ4v) is 5.02. The van der Waals surface area contributed by atoms with E-state index in [9.17, 15) is 18.0 Å². The molecule has 0 unspecified atom stereocenters. The molecule has 1 aliphatic heterocycles. The number of piperidine rings is 1. The van der Waals surface area contributed by atoms with E-state index in [0.29, 0.717) is 44.3 Å². The number of nitrogens with two attached hydrogens (primary N) is 1. The summed E-state index contributed by atoms with van der Waals surface area (Å²) >= 11 is 0. The molecular weight excluding hydrogens is 607 g/mol. The Morgan fingerprint density at radius 1 is 1.11 bits per heavy atom. The highest BCUT2D eigenvalue weighted by Crippen LogP contribution is 2.32. The third kappa shape index (κ3) is 7.62. The van der Waals surface area contributed by atoms with Crippen LogP contribution >= 0.6 is 0 Å². The van der Waals surface area contributed by atoms with Crippen molar-refractivity contribution in [3.63, 3.8) is 0 Å². The molecule has 0 radical (unpaired) electrons. The number of fused-ring (bicyclic) bond motifs is 1. The molecule has 0 saturated carbocycles. The topological polar surface area (TPSA) is 173 Å². The maximum absolute atomic E-state index is 12.1. The summed E-state index contributed by atoms with van der Waals surface area (Å²) in [6.45, 7) is 7.74. The highest BCUT2D eigenvalue weighted by Gasteiger charge is 2.40. The molecule has 1 aliphatic rings. The smallest absolute Gasteiger partial charge is 0.475 e. The fraction of sp³-hybridized carbons (Fsp3) is 0.400. The zero-order valence-electron chi connectivity index (χ0n) is 26.1. The summed E-state index contributed by atoms with van der Waals surface area (Å²) in [7, 11) is 3.68. The largest absolute Gasteiger partial charge is 0.490 e. The van der Waals surface area contributed by atoms with Gasteiger partial charge in [0.25, 0.3) is 0 Å². The number of alkyl halides is 3. The summed E-state index contributed by atoms with van der Waals surface area (Å²) in [5.41, 5.74) is 10.7. The molecule has 5 N–H and O–H groups in total. The zero-order valence-corrected chi connectivity index (χ0v) is 26.1. The van der Waals surface area contributed by atoms with Crippen LogP contribution in [0.3, 0.4) is 0 Å². The fourth-order valence-electron chi connectivity index (χ4n) is 5.02. The van der Waals surface area contributed by atoms with Gasteiger partial charge in [-0.05, 0) is 63.4 Å². The molecule has 1 saturated heterocycles. The summed E-state index contributed by atoms with van der Waals surface area (Å²) in [6.07, 6.45) is -2.12. The van der Waals surface area contributed by atoms with Crippen molar-refractivity contribution in [2.45, 2.75) is 51.9 Å². The van der Waals surface area contributed by atoms with Crippen molar-refractivity contribution in [1.29, 1.82) is 0 Å². The van der Waals surface area contributed by atoms with Crippen molar-refractivity contribution in [3.05, 3.63) is 58.9 Å². The highest BCUT2D eigenvalue weighted by molar-refractivity contribution is 5.90. The molecule has 3 aromatic heterocycles. The van der Waals surface area contributed by atoms with Crippen LogP contribution in [0.25, 0.3) is 11.0 Å². The Hall–Kier alpha value is -4.99. The Balaban J connectivity index is 0.000000617. The van der Waals surface area contributed by atoms with Gasteiger partial charge in [-0.1, -0.05) is 18.2 Å². The van der Waals surface area contributed by atoms with Gasteiger partial charge in [-0.25, -0.2) is 14.8 Å². The molecule has 4 heterocycles. The minimum Gasteiger partial charge on any atom is -0.475 e. The van der Waals surface area contributed by atoms with E-state index in [1.807, 2.05) is 56.8 Å². The molecule has 1 amide bonds. The molecule has 46 heavy (non-hydrogen) atoms. The van der Waals surface area contributed by atoms with Gasteiger partial charge in [0.2, 0.25) is 17.7 Å². The Bertz CT molecular complexity index is 1720. The number of aliphatic carboxylic acids is 1. The molecule has 0 aliphatic carbocycles. The number of carbonyl (C=O) groups is 2. The summed E-state index contributed by atoms with van der Waals surface area (Å²) in [5, 5.41) is 18.2. The number of hydrogen-bond donors (Lipinski definition) is 4. The van der Waals surface area contributed by atoms with Crippen molar-refractivity contribution >= 4 is 34.7 Å². The van der Waals surface area contributed by atoms with E-state index in [1.54, 1.807) is 13.2 Å². The SMILES string of the molecule is CNC1(C(N)=O)CCN(c2nc(NCc3ccc(Oc4cc(C)ccc4C)nc3)nc3c(C)nn(C)c23)CC1.O=C(O)C(F)(F)F. The number of benzene rings is 1. The summed E-state index contributed by atoms with van der Waals surface area (Å²) in [5.74, 6) is -0.449. The number of carboxylic acids is 1. The van der Waals surface area contributed by atoms with Crippen LogP contribution in [0.1, 0.15) is 35.2 Å². The van der Waals surface area contributed by atoms with Crippen molar-refractivity contribution in [2.24, 2.45) is 12.8 Å². The van der Waals surface area contributed by atoms with Crippen LogP contribution in [-0.2, 0) is 23.2 Å². The normalized spacial score (nSPS) is 14.4. The van der Waals surface area contributed by atoms with Gasteiger partial charge in [-0.15, -0.1) is 0 Å². The van der Waals surface area contributed by atoms with E-state index in [1.165, 1.54) is 0 Å². The van der Waals surface area contributed by atoms with E-state index in [-0.39, 0.29) is 5.91 Å². The lowest BCUT2D eigenvalue weighted by atomic mass is 9.87. The van der Waals surface area contributed by atoms with Crippen LogP contribution in [-0.4, -0.2) is 73.6 Å². The first kappa shape index (κ1) is 33.9. The second-order valence-corrected chi connectivity index (χ2v) is 11.0. The lowest BCUT2D eigenvalue weighted by Crippen LogP contribution is -2.59. The molecule has 1 aromatic carbocycles. The van der Waals surface area contributed by atoms with Crippen molar-refractivity contribution in [3.8, 4) is 11.6 Å². The Morgan fingerprint density at radius 3 is 2.35 bits per heavy atom. The van der Waals surface area contributed by atoms with Gasteiger partial charge in [0, 0.05) is 38.9 Å². The number of aryl methyl sites for hydroxylation is 4. The standard InChI is InChI=1S/C28H35N9O2.C2HF3O2/c1-17-6-7-18(2)21(14-17)39-22-9-8-20(15-31-22)16-32-27-33-23-19(3)35-36(5)24(23)25(34-27)37-12-10-28(30-4,11-13-37)26(29)38;3-2(4,5)1(6)7/h6-9,14-15,30H,10-13,16H2,1-5H3,(H2,29,38)(H,32,33,34);(H,6,7). The van der Waals surface area contributed by atoms with E-state index >= 15 is 0 Å². The lowest BCUT2D eigenvalue weighted by Gasteiger charge is -2.40. The Kier molecular flexibility index (Phi) is 9.99. The van der Waals surface area contributed by atoms with Crippen LogP contribution in [0.2, 0.25) is 0 Å². The maximum Gasteiger partial charge on any atom is 0.490 e. The van der Waals surface area contributed by atoms with Crippen LogP contribution < -0.4 is 26.0 Å². The number of likely N-dealkylation sites (N-methyl/N-ethyl adjacent to an activating group) is 1. The van der Waals surface area contributed by atoms with Crippen LogP contribution in [0, 0.1) is 20.8 Å². The third-order valence-electron chi connectivity index (χ3n) is 7.75. The summed E-state index contributed by atoms with van der Waals surface area (Å²) in [6, 6.07) is 9.94. The Labute approximate surface area is 263 Å². The molecule has 13 nitrogen and oxygen atoms in total. The number of nitrogens with zero attached hydrogens (tertiary/aromatic N) is 6. The number of pyridine rings is 1. The van der Waals surface area contributed by atoms with Crippen LogP contribution in [0.15, 0.2) is 36.5 Å². The number of hydrogen-bond acceptors (Lipinski definition) is 10. The molecular formula is C30H36F3N9O4. The average Bonchev–Trinajstić information content (AvgIpc) is 3.30. The Morgan fingerprint density at radius 2 is 1.78 bits per heavy atom. The van der Waals surface area contributed by atoms with Gasteiger partial charge in [-0.2, -0.15) is 23.3 Å². The van der Waals surface area contributed by atoms with Crippen LogP contribution in [0.4, 0.5) is 24.9 Å². The number of carbonyl (C=O) groups excluding carboxylic acids is 1. The highest BCUT2D eigenvalue weighted by atomic mass is 19.4. The maximum atomic E-state index is 12.1. The van der Waals surface area contributed by atoms with Crippen molar-refractivity contribution < 1.29 is 32.6 Å². The molecule has 16 heteroatoms. The number of aromatic nitrogens is 5. The minimum atomic E-state index is -5.08. The molecule has 246 valence electrons. The number of nitrogens with one attached hydrogen (secondary N) is 2. The molecule has 4 aromatic rings. The van der Waals surface area contributed by atoms with E-state index in [0.717, 1.165) is 45.0 Å².